The smallest absolute Gasteiger partial charge is 0.325 e. The van der Waals surface area contributed by atoms with E-state index in [1.165, 1.54) is 0 Å². The van der Waals surface area contributed by atoms with Gasteiger partial charge in [0.25, 0.3) is 5.91 Å². The highest BCUT2D eigenvalue weighted by molar-refractivity contribution is 6.06. The molecule has 132 valence electrons. The van der Waals surface area contributed by atoms with Gasteiger partial charge in [0.05, 0.1) is 6.54 Å². The Morgan fingerprint density at radius 3 is 2.67 bits per heavy atom. The van der Waals surface area contributed by atoms with E-state index in [-0.39, 0.29) is 19.1 Å². The van der Waals surface area contributed by atoms with Gasteiger partial charge in [0, 0.05) is 0 Å². The zero-order chi connectivity index (χ0) is 17.9. The van der Waals surface area contributed by atoms with Crippen LogP contribution in [-0.4, -0.2) is 46.7 Å². The lowest BCUT2D eigenvalue weighted by atomic mass is 9.96. The minimum Gasteiger partial charge on any atom is -0.491 e. The van der Waals surface area contributed by atoms with Gasteiger partial charge in [-0.15, -0.1) is 0 Å². The number of hydrogen-bond acceptors (Lipinski definition) is 4. The van der Waals surface area contributed by atoms with Crippen LogP contribution in [0.1, 0.15) is 37.8 Å². The number of benzene rings is 1. The highest BCUT2D eigenvalue weighted by Gasteiger charge is 2.47. The molecule has 0 radical (unpaired) electrons. The van der Waals surface area contributed by atoms with E-state index in [1.54, 1.807) is 6.92 Å². The molecule has 0 aliphatic carbocycles. The van der Waals surface area contributed by atoms with Gasteiger partial charge in [-0.05, 0) is 38.8 Å². The topological polar surface area (TPSA) is 78.9 Å². The molecule has 1 saturated heterocycles. The molecule has 6 heteroatoms. The van der Waals surface area contributed by atoms with Gasteiger partial charge in [0.15, 0.2) is 0 Å². The lowest BCUT2D eigenvalue weighted by Gasteiger charge is -2.22. The number of ether oxygens (including phenoxy) is 1. The summed E-state index contributed by atoms with van der Waals surface area (Å²) in [5, 5.41) is 12.9. The molecule has 1 aliphatic rings. The molecular weight excluding hydrogens is 308 g/mol. The fourth-order valence-corrected chi connectivity index (χ4v) is 2.99. The van der Waals surface area contributed by atoms with Crippen LogP contribution in [0.15, 0.2) is 18.2 Å². The van der Waals surface area contributed by atoms with E-state index in [9.17, 15) is 14.7 Å². The van der Waals surface area contributed by atoms with Crippen LogP contribution in [0.5, 0.6) is 5.75 Å². The van der Waals surface area contributed by atoms with Crippen molar-refractivity contribution in [2.75, 3.05) is 13.2 Å². The Morgan fingerprint density at radius 1 is 1.33 bits per heavy atom. The molecule has 3 amide bonds. The summed E-state index contributed by atoms with van der Waals surface area (Å²) in [6, 6.07) is 5.32. The summed E-state index contributed by atoms with van der Waals surface area (Å²) in [7, 11) is 0. The molecule has 2 N–H and O–H groups in total. The molecule has 2 unspecified atom stereocenters. The number of aryl methyl sites for hydroxylation is 2. The number of aliphatic hydroxyl groups excluding tert-OH is 1. The highest BCUT2D eigenvalue weighted by Crippen LogP contribution is 2.23. The molecule has 24 heavy (non-hydrogen) atoms. The van der Waals surface area contributed by atoms with Gasteiger partial charge in [-0.25, -0.2) is 4.79 Å². The summed E-state index contributed by atoms with van der Waals surface area (Å²) < 4.78 is 5.61. The quantitative estimate of drug-likeness (QED) is 0.749. The summed E-state index contributed by atoms with van der Waals surface area (Å²) in [6.45, 7) is 7.55. The van der Waals surface area contributed by atoms with E-state index in [2.05, 4.69) is 5.32 Å². The van der Waals surface area contributed by atoms with Crippen molar-refractivity contribution < 1.29 is 19.4 Å². The number of urea groups is 1. The first-order valence-electron chi connectivity index (χ1n) is 8.29. The lowest BCUT2D eigenvalue weighted by Crippen LogP contribution is -2.44. The van der Waals surface area contributed by atoms with Crippen LogP contribution in [0.25, 0.3) is 0 Å². The van der Waals surface area contributed by atoms with Crippen LogP contribution in [0.4, 0.5) is 4.79 Å². The molecule has 1 aromatic carbocycles. The summed E-state index contributed by atoms with van der Waals surface area (Å²) in [5.74, 6) is 0.396. The van der Waals surface area contributed by atoms with E-state index >= 15 is 0 Å². The van der Waals surface area contributed by atoms with Gasteiger partial charge in [-0.3, -0.25) is 9.69 Å². The first-order valence-corrected chi connectivity index (χ1v) is 8.29. The first-order chi connectivity index (χ1) is 11.3. The molecular formula is C18H26N2O4. The van der Waals surface area contributed by atoms with Gasteiger partial charge in [-0.2, -0.15) is 0 Å². The zero-order valence-electron chi connectivity index (χ0n) is 14.8. The van der Waals surface area contributed by atoms with Gasteiger partial charge >= 0.3 is 6.03 Å². The highest BCUT2D eigenvalue weighted by atomic mass is 16.5. The van der Waals surface area contributed by atoms with Gasteiger partial charge < -0.3 is 15.2 Å². The average molecular weight is 334 g/mol. The third-order valence-electron chi connectivity index (χ3n) is 4.25. The number of amides is 3. The molecule has 0 bridgehead atoms. The number of hydrogen-bond donors (Lipinski definition) is 2. The maximum Gasteiger partial charge on any atom is 0.325 e. The second-order valence-electron chi connectivity index (χ2n) is 6.66. The van der Waals surface area contributed by atoms with Crippen molar-refractivity contribution >= 4 is 11.9 Å². The Morgan fingerprint density at radius 2 is 2.04 bits per heavy atom. The van der Waals surface area contributed by atoms with Crippen molar-refractivity contribution in [2.24, 2.45) is 0 Å². The van der Waals surface area contributed by atoms with Crippen LogP contribution in [0, 0.1) is 13.8 Å². The molecule has 0 aromatic heterocycles. The minimum atomic E-state index is -0.940. The Bertz CT molecular complexity index is 631. The number of nitrogens with zero attached hydrogens (tertiary/aromatic N) is 1. The summed E-state index contributed by atoms with van der Waals surface area (Å²) >= 11 is 0. The molecule has 2 atom stereocenters. The molecule has 1 heterocycles. The van der Waals surface area contributed by atoms with Crippen LogP contribution in [0.2, 0.25) is 0 Å². The molecule has 0 saturated carbocycles. The minimum absolute atomic E-state index is 0.0193. The number of aliphatic hydroxyl groups is 1. The second kappa shape index (κ2) is 7.21. The number of carbonyl (C=O) groups is 2. The number of nitrogens with one attached hydrogen (secondary N) is 1. The molecule has 6 nitrogen and oxygen atoms in total. The maximum absolute atomic E-state index is 12.4. The van der Waals surface area contributed by atoms with Crippen LogP contribution < -0.4 is 10.1 Å². The number of imide groups is 1. The van der Waals surface area contributed by atoms with Gasteiger partial charge in [0.2, 0.25) is 0 Å². The van der Waals surface area contributed by atoms with Gasteiger partial charge in [-0.1, -0.05) is 31.0 Å². The number of β-amino-alcohol motifs (C(OH)–C–C–N with tert-alkyl or cyclic N) is 1. The monoisotopic (exact) mass is 334 g/mol. The zero-order valence-corrected chi connectivity index (χ0v) is 14.8. The second-order valence-corrected chi connectivity index (χ2v) is 6.66. The van der Waals surface area contributed by atoms with E-state index in [0.29, 0.717) is 12.2 Å². The summed E-state index contributed by atoms with van der Waals surface area (Å²) in [5.41, 5.74) is 1.24. The van der Waals surface area contributed by atoms with Crippen molar-refractivity contribution in [1.82, 2.24) is 10.2 Å². The first kappa shape index (κ1) is 18.3. The standard InChI is InChI=1S/C18H26N2O4/c1-5-8-18(4)16(22)20(17(23)19-18)10-14(21)11-24-15-7-6-12(2)9-13(15)3/h6-7,9,14,21H,5,8,10-11H2,1-4H3,(H,19,23). The molecule has 1 fully saturated rings. The van der Waals surface area contributed by atoms with Crippen molar-refractivity contribution in [3.05, 3.63) is 29.3 Å². The van der Waals surface area contributed by atoms with E-state index < -0.39 is 17.7 Å². The molecule has 0 spiro atoms. The Labute approximate surface area is 142 Å². The van der Waals surface area contributed by atoms with E-state index in [0.717, 1.165) is 22.4 Å². The molecule has 1 aromatic rings. The molecule has 1 aliphatic heterocycles. The third kappa shape index (κ3) is 3.87. The Kier molecular flexibility index (Phi) is 5.49. The largest absolute Gasteiger partial charge is 0.491 e. The van der Waals surface area contributed by atoms with Crippen LogP contribution in [0.3, 0.4) is 0 Å². The molecule has 2 rings (SSSR count). The third-order valence-corrected chi connectivity index (χ3v) is 4.25. The number of rotatable bonds is 7. The summed E-state index contributed by atoms with van der Waals surface area (Å²) in [6.07, 6.45) is 0.419. The summed E-state index contributed by atoms with van der Waals surface area (Å²) in [4.78, 5) is 25.5. The normalized spacial score (nSPS) is 21.8. The Balaban J connectivity index is 1.93. The number of carbonyl (C=O) groups excluding carboxylic acids is 2. The predicted molar refractivity (Wildman–Crippen MR) is 91.0 cm³/mol. The predicted octanol–water partition coefficient (Wildman–Crippen LogP) is 2.15. The van der Waals surface area contributed by atoms with E-state index in [4.69, 9.17) is 4.74 Å². The maximum atomic E-state index is 12.4. The average Bonchev–Trinajstić information content (AvgIpc) is 2.70. The van der Waals surface area contributed by atoms with E-state index in [1.807, 2.05) is 39.0 Å². The fourth-order valence-electron chi connectivity index (χ4n) is 2.99. The van der Waals surface area contributed by atoms with Gasteiger partial charge in [0.1, 0.15) is 24.0 Å². The van der Waals surface area contributed by atoms with Crippen molar-refractivity contribution in [3.63, 3.8) is 0 Å². The van der Waals surface area contributed by atoms with Crippen molar-refractivity contribution in [3.8, 4) is 5.75 Å². The van der Waals surface area contributed by atoms with Crippen LogP contribution >= 0.6 is 0 Å². The lowest BCUT2D eigenvalue weighted by molar-refractivity contribution is -0.132. The Hall–Kier alpha value is -2.08. The van der Waals surface area contributed by atoms with Crippen molar-refractivity contribution in [2.45, 2.75) is 52.2 Å². The SMILES string of the molecule is CCCC1(C)NC(=O)N(CC(O)COc2ccc(C)cc2C)C1=O. The van der Waals surface area contributed by atoms with Crippen molar-refractivity contribution in [1.29, 1.82) is 0 Å². The van der Waals surface area contributed by atoms with Crippen LogP contribution in [-0.2, 0) is 4.79 Å². The fraction of sp³-hybridized carbons (Fsp3) is 0.556.